The highest BCUT2D eigenvalue weighted by Crippen LogP contribution is 2.30. The van der Waals surface area contributed by atoms with Crippen molar-refractivity contribution < 1.29 is 13.2 Å². The van der Waals surface area contributed by atoms with Gasteiger partial charge < -0.3 is 0 Å². The lowest BCUT2D eigenvalue weighted by atomic mass is 9.90. The SMILES string of the molecule is CNS(=O)(=O)c1ccc(C)c(C(=O)Nc2nc(-c3ccc4c(c3)CCCC4)cs2)c1. The van der Waals surface area contributed by atoms with Gasteiger partial charge in [0, 0.05) is 16.5 Å². The molecular formula is C22H23N3O3S2. The third-order valence-corrected chi connectivity index (χ3v) is 7.57. The second-order valence-electron chi connectivity index (χ2n) is 7.37. The standard InChI is InChI=1S/C22H23N3O3S2/c1-14-7-10-18(30(27,28)23-2)12-19(14)21(26)25-22-24-20(13-29-22)17-9-8-15-5-3-4-6-16(15)11-17/h7-13,23H,3-6H2,1-2H3,(H,24,25,26). The molecule has 1 heterocycles. The molecule has 6 nitrogen and oxygen atoms in total. The molecule has 0 atom stereocenters. The molecule has 0 saturated heterocycles. The van der Waals surface area contributed by atoms with Crippen molar-refractivity contribution in [1.29, 1.82) is 0 Å². The summed E-state index contributed by atoms with van der Waals surface area (Å²) in [6.07, 6.45) is 4.70. The number of nitrogens with zero attached hydrogens (tertiary/aromatic N) is 1. The fourth-order valence-electron chi connectivity index (χ4n) is 3.65. The molecule has 0 saturated carbocycles. The summed E-state index contributed by atoms with van der Waals surface area (Å²) in [5, 5.41) is 5.21. The fourth-order valence-corrected chi connectivity index (χ4v) is 5.12. The van der Waals surface area contributed by atoms with Crippen LogP contribution in [-0.4, -0.2) is 26.4 Å². The minimum atomic E-state index is -3.63. The second-order valence-corrected chi connectivity index (χ2v) is 10.1. The molecule has 156 valence electrons. The van der Waals surface area contributed by atoms with Gasteiger partial charge in [-0.05, 0) is 74.5 Å². The van der Waals surface area contributed by atoms with Gasteiger partial charge in [0.25, 0.3) is 5.91 Å². The van der Waals surface area contributed by atoms with Gasteiger partial charge >= 0.3 is 0 Å². The largest absolute Gasteiger partial charge is 0.298 e. The van der Waals surface area contributed by atoms with Crippen LogP contribution in [-0.2, 0) is 22.9 Å². The van der Waals surface area contributed by atoms with Crippen LogP contribution in [0.1, 0.15) is 39.9 Å². The maximum atomic E-state index is 12.8. The van der Waals surface area contributed by atoms with E-state index in [2.05, 4.69) is 33.2 Å². The predicted octanol–water partition coefficient (Wildman–Crippen LogP) is 4.16. The number of amides is 1. The summed E-state index contributed by atoms with van der Waals surface area (Å²) in [6.45, 7) is 1.77. The number of carbonyl (C=O) groups excluding carboxylic acids is 1. The number of nitrogens with one attached hydrogen (secondary N) is 2. The van der Waals surface area contributed by atoms with Crippen LogP contribution in [0.4, 0.5) is 5.13 Å². The van der Waals surface area contributed by atoms with Crippen LogP contribution in [0.3, 0.4) is 0 Å². The third-order valence-electron chi connectivity index (χ3n) is 5.40. The van der Waals surface area contributed by atoms with Gasteiger partial charge in [-0.15, -0.1) is 11.3 Å². The Labute approximate surface area is 180 Å². The van der Waals surface area contributed by atoms with E-state index in [4.69, 9.17) is 0 Å². The molecule has 0 radical (unpaired) electrons. The van der Waals surface area contributed by atoms with E-state index >= 15 is 0 Å². The summed E-state index contributed by atoms with van der Waals surface area (Å²) in [7, 11) is -2.29. The van der Waals surface area contributed by atoms with Crippen molar-refractivity contribution in [3.63, 3.8) is 0 Å². The Morgan fingerprint density at radius 2 is 1.83 bits per heavy atom. The minimum absolute atomic E-state index is 0.0506. The highest BCUT2D eigenvalue weighted by molar-refractivity contribution is 7.89. The normalized spacial score (nSPS) is 13.7. The number of aromatic nitrogens is 1. The van der Waals surface area contributed by atoms with E-state index in [-0.39, 0.29) is 10.8 Å². The van der Waals surface area contributed by atoms with E-state index in [0.29, 0.717) is 16.3 Å². The number of fused-ring (bicyclic) bond motifs is 1. The van der Waals surface area contributed by atoms with Gasteiger partial charge in [0.2, 0.25) is 10.0 Å². The Morgan fingerprint density at radius 3 is 2.60 bits per heavy atom. The Hall–Kier alpha value is -2.55. The second kappa shape index (κ2) is 8.29. The molecule has 0 aliphatic heterocycles. The van der Waals surface area contributed by atoms with Gasteiger partial charge in [-0.3, -0.25) is 10.1 Å². The number of hydrogen-bond donors (Lipinski definition) is 2. The summed E-state index contributed by atoms with van der Waals surface area (Å²) in [5.41, 5.74) is 5.67. The molecule has 1 amide bonds. The monoisotopic (exact) mass is 441 g/mol. The Balaban J connectivity index is 1.56. The lowest BCUT2D eigenvalue weighted by molar-refractivity contribution is 0.102. The van der Waals surface area contributed by atoms with Crippen molar-refractivity contribution in [1.82, 2.24) is 9.71 Å². The number of benzene rings is 2. The average Bonchev–Trinajstić information content (AvgIpc) is 3.22. The van der Waals surface area contributed by atoms with Crippen molar-refractivity contribution >= 4 is 32.4 Å². The highest BCUT2D eigenvalue weighted by Gasteiger charge is 2.18. The molecule has 0 unspecified atom stereocenters. The zero-order valence-electron chi connectivity index (χ0n) is 16.9. The van der Waals surface area contributed by atoms with Gasteiger partial charge in [0.1, 0.15) is 0 Å². The van der Waals surface area contributed by atoms with Gasteiger partial charge in [-0.1, -0.05) is 18.2 Å². The zero-order valence-corrected chi connectivity index (χ0v) is 18.5. The molecule has 0 bridgehead atoms. The van der Waals surface area contributed by atoms with E-state index in [1.807, 2.05) is 5.38 Å². The first kappa shape index (κ1) is 20.7. The van der Waals surface area contributed by atoms with Crippen LogP contribution in [0.2, 0.25) is 0 Å². The molecule has 2 N–H and O–H groups in total. The summed E-state index contributed by atoms with van der Waals surface area (Å²) >= 11 is 1.35. The lowest BCUT2D eigenvalue weighted by Gasteiger charge is -2.16. The molecule has 1 aliphatic carbocycles. The smallest absolute Gasteiger partial charge is 0.257 e. The summed E-state index contributed by atoms with van der Waals surface area (Å²) in [4.78, 5) is 17.4. The molecule has 4 rings (SSSR count). The molecule has 2 aromatic carbocycles. The van der Waals surface area contributed by atoms with Crippen molar-refractivity contribution in [3.05, 3.63) is 64.0 Å². The van der Waals surface area contributed by atoms with Gasteiger partial charge in [-0.25, -0.2) is 18.1 Å². The first-order valence-corrected chi connectivity index (χ1v) is 12.2. The number of thiazole rings is 1. The first-order valence-electron chi connectivity index (χ1n) is 9.80. The number of anilines is 1. The third kappa shape index (κ3) is 4.16. The Bertz CT molecular complexity index is 1220. The highest BCUT2D eigenvalue weighted by atomic mass is 32.2. The van der Waals surface area contributed by atoms with Crippen LogP contribution in [0.15, 0.2) is 46.7 Å². The number of rotatable bonds is 5. The van der Waals surface area contributed by atoms with E-state index < -0.39 is 10.0 Å². The van der Waals surface area contributed by atoms with E-state index in [1.54, 1.807) is 13.0 Å². The Morgan fingerprint density at radius 1 is 1.07 bits per heavy atom. The van der Waals surface area contributed by atoms with Crippen molar-refractivity contribution in [2.45, 2.75) is 37.5 Å². The Kier molecular flexibility index (Phi) is 5.73. The lowest BCUT2D eigenvalue weighted by Crippen LogP contribution is -2.20. The molecule has 1 aliphatic rings. The van der Waals surface area contributed by atoms with Crippen molar-refractivity contribution in [2.24, 2.45) is 0 Å². The van der Waals surface area contributed by atoms with Gasteiger partial charge in [-0.2, -0.15) is 0 Å². The summed E-state index contributed by atoms with van der Waals surface area (Å²) < 4.78 is 26.4. The number of sulfonamides is 1. The molecule has 8 heteroatoms. The number of hydrogen-bond acceptors (Lipinski definition) is 5. The predicted molar refractivity (Wildman–Crippen MR) is 120 cm³/mol. The maximum absolute atomic E-state index is 12.8. The van der Waals surface area contributed by atoms with E-state index in [1.165, 1.54) is 54.5 Å². The fraction of sp³-hybridized carbons (Fsp3) is 0.273. The van der Waals surface area contributed by atoms with Crippen molar-refractivity contribution in [2.75, 3.05) is 12.4 Å². The van der Waals surface area contributed by atoms with Crippen LogP contribution in [0, 0.1) is 6.92 Å². The van der Waals surface area contributed by atoms with Crippen LogP contribution < -0.4 is 10.0 Å². The van der Waals surface area contributed by atoms with Crippen molar-refractivity contribution in [3.8, 4) is 11.3 Å². The molecule has 0 fully saturated rings. The average molecular weight is 442 g/mol. The minimum Gasteiger partial charge on any atom is -0.298 e. The molecule has 1 aromatic heterocycles. The molecule has 0 spiro atoms. The van der Waals surface area contributed by atoms with Gasteiger partial charge in [0.05, 0.1) is 10.6 Å². The number of carbonyl (C=O) groups is 1. The van der Waals surface area contributed by atoms with Crippen LogP contribution >= 0.6 is 11.3 Å². The molecular weight excluding hydrogens is 418 g/mol. The maximum Gasteiger partial charge on any atom is 0.257 e. The van der Waals surface area contributed by atoms with E-state index in [0.717, 1.165) is 24.1 Å². The topological polar surface area (TPSA) is 88.2 Å². The van der Waals surface area contributed by atoms with Crippen LogP contribution in [0.25, 0.3) is 11.3 Å². The van der Waals surface area contributed by atoms with E-state index in [9.17, 15) is 13.2 Å². The first-order chi connectivity index (χ1) is 14.4. The molecule has 3 aromatic rings. The molecule has 30 heavy (non-hydrogen) atoms. The quantitative estimate of drug-likeness (QED) is 0.622. The number of aryl methyl sites for hydroxylation is 3. The zero-order chi connectivity index (χ0) is 21.3. The van der Waals surface area contributed by atoms with Crippen LogP contribution in [0.5, 0.6) is 0 Å². The van der Waals surface area contributed by atoms with Gasteiger partial charge in [0.15, 0.2) is 5.13 Å². The summed E-state index contributed by atoms with van der Waals surface area (Å²) in [5.74, 6) is -0.382. The summed E-state index contributed by atoms with van der Waals surface area (Å²) in [6, 6.07) is 11.0.